The molecule has 0 radical (unpaired) electrons. The summed E-state index contributed by atoms with van der Waals surface area (Å²) in [5, 5.41) is 14.2. The first-order valence-electron chi connectivity index (χ1n) is 6.46. The topological polar surface area (TPSA) is 82.4 Å². The van der Waals surface area contributed by atoms with E-state index in [4.69, 9.17) is 9.47 Å². The van der Waals surface area contributed by atoms with Crippen molar-refractivity contribution in [2.45, 2.75) is 6.54 Å². The maximum Gasteiger partial charge on any atom is 0.296 e. The maximum absolute atomic E-state index is 11.1. The van der Waals surface area contributed by atoms with Crippen molar-refractivity contribution in [3.63, 3.8) is 0 Å². The monoisotopic (exact) mass is 291 g/mol. The normalized spacial score (nSPS) is 12.4. The van der Waals surface area contributed by atoms with Gasteiger partial charge in [0, 0.05) is 6.07 Å². The fourth-order valence-electron chi connectivity index (χ4n) is 2.18. The molecule has 2 aromatic rings. The van der Waals surface area contributed by atoms with Crippen molar-refractivity contribution in [3.05, 3.63) is 41.0 Å². The number of rotatable bonds is 5. The van der Waals surface area contributed by atoms with Crippen LogP contribution < -0.4 is 19.4 Å². The van der Waals surface area contributed by atoms with Crippen LogP contribution in [-0.2, 0) is 13.6 Å². The molecule has 1 aliphatic heterocycles. The molecule has 0 spiro atoms. The number of imidazole rings is 1. The minimum absolute atomic E-state index is 0.0164. The zero-order chi connectivity index (χ0) is 14.8. The molecule has 0 aliphatic carbocycles. The highest BCUT2D eigenvalue weighted by Crippen LogP contribution is 2.40. The number of hydrogen-bond donors (Lipinski definition) is 1. The van der Waals surface area contributed by atoms with Crippen molar-refractivity contribution in [2.75, 3.05) is 18.7 Å². The Morgan fingerprint density at radius 2 is 2.19 bits per heavy atom. The molecule has 0 unspecified atom stereocenters. The third kappa shape index (κ3) is 2.73. The molecule has 0 fully saturated rings. The number of nitro benzene ring substituents is 1. The number of benzene rings is 1. The number of aromatic nitrogens is 2. The van der Waals surface area contributed by atoms with Gasteiger partial charge in [0.1, 0.15) is 24.6 Å². The Labute approximate surface area is 120 Å². The summed E-state index contributed by atoms with van der Waals surface area (Å²) >= 11 is 0. The van der Waals surface area contributed by atoms with Gasteiger partial charge in [-0.25, -0.2) is 9.13 Å². The average molecular weight is 291 g/mol. The number of hydrogen-bond acceptors (Lipinski definition) is 5. The molecule has 8 nitrogen and oxygen atoms in total. The van der Waals surface area contributed by atoms with Crippen molar-refractivity contribution in [1.82, 2.24) is 4.57 Å². The van der Waals surface area contributed by atoms with Gasteiger partial charge in [0.15, 0.2) is 11.5 Å². The number of nitro groups is 1. The summed E-state index contributed by atoms with van der Waals surface area (Å²) in [7, 11) is 1.94. The Kier molecular flexibility index (Phi) is 3.35. The summed E-state index contributed by atoms with van der Waals surface area (Å²) in [4.78, 5) is 10.7. The van der Waals surface area contributed by atoms with E-state index < -0.39 is 4.92 Å². The fourth-order valence-corrected chi connectivity index (χ4v) is 2.18. The first kappa shape index (κ1) is 13.2. The smallest absolute Gasteiger partial charge is 0.296 e. The third-order valence-electron chi connectivity index (χ3n) is 3.20. The third-order valence-corrected chi connectivity index (χ3v) is 3.20. The second-order valence-corrected chi connectivity index (χ2v) is 4.72. The van der Waals surface area contributed by atoms with Crippen LogP contribution in [-0.4, -0.2) is 22.8 Å². The predicted molar refractivity (Wildman–Crippen MR) is 73.3 cm³/mol. The number of nitrogens with zero attached hydrogens (tertiary/aromatic N) is 3. The van der Waals surface area contributed by atoms with E-state index in [9.17, 15) is 10.1 Å². The standard InChI is InChI=1S/C13H15N4O4/c1-15-4-5-16(8-15)3-2-14-10-6-12-13(21-9-20-12)7-11(10)17(18)19/h4-8,14H,2-3,9H2,1H3/q+1. The van der Waals surface area contributed by atoms with Crippen molar-refractivity contribution >= 4 is 11.4 Å². The summed E-state index contributed by atoms with van der Waals surface area (Å²) in [5.41, 5.74) is 0.415. The molecule has 0 saturated heterocycles. The summed E-state index contributed by atoms with van der Waals surface area (Å²) in [5.74, 6) is 0.931. The van der Waals surface area contributed by atoms with Gasteiger partial charge in [0.05, 0.1) is 24.6 Å². The van der Waals surface area contributed by atoms with Crippen LogP contribution in [0.2, 0.25) is 0 Å². The Morgan fingerprint density at radius 3 is 2.86 bits per heavy atom. The molecule has 1 aromatic heterocycles. The highest BCUT2D eigenvalue weighted by Gasteiger charge is 2.23. The van der Waals surface area contributed by atoms with Crippen LogP contribution in [0.5, 0.6) is 11.5 Å². The van der Waals surface area contributed by atoms with Crippen LogP contribution in [0.3, 0.4) is 0 Å². The average Bonchev–Trinajstić information content (AvgIpc) is 3.06. The van der Waals surface area contributed by atoms with E-state index in [1.807, 2.05) is 34.9 Å². The van der Waals surface area contributed by atoms with Crippen LogP contribution in [0.25, 0.3) is 0 Å². The molecule has 0 atom stereocenters. The van der Waals surface area contributed by atoms with E-state index in [2.05, 4.69) is 5.32 Å². The second-order valence-electron chi connectivity index (χ2n) is 4.72. The molecule has 3 rings (SSSR count). The second kappa shape index (κ2) is 5.31. The number of ether oxygens (including phenoxy) is 2. The summed E-state index contributed by atoms with van der Waals surface area (Å²) in [6.07, 6.45) is 5.81. The van der Waals surface area contributed by atoms with E-state index in [0.717, 1.165) is 0 Å². The van der Waals surface area contributed by atoms with Gasteiger partial charge in [-0.05, 0) is 0 Å². The largest absolute Gasteiger partial charge is 0.454 e. The van der Waals surface area contributed by atoms with E-state index in [1.165, 1.54) is 6.07 Å². The minimum atomic E-state index is -0.431. The summed E-state index contributed by atoms with van der Waals surface area (Å²) in [6.45, 7) is 1.36. The first-order valence-corrected chi connectivity index (χ1v) is 6.46. The fraction of sp³-hybridized carbons (Fsp3) is 0.308. The van der Waals surface area contributed by atoms with Crippen molar-refractivity contribution < 1.29 is 19.0 Å². The Bertz CT molecular complexity index is 683. The van der Waals surface area contributed by atoms with Crippen LogP contribution in [0.1, 0.15) is 0 Å². The quantitative estimate of drug-likeness (QED) is 0.506. The van der Waals surface area contributed by atoms with Crippen molar-refractivity contribution in [1.29, 1.82) is 0 Å². The Hall–Kier alpha value is -2.77. The van der Waals surface area contributed by atoms with Gasteiger partial charge in [0.2, 0.25) is 13.1 Å². The first-order chi connectivity index (χ1) is 10.1. The molecule has 1 N–H and O–H groups in total. The van der Waals surface area contributed by atoms with Gasteiger partial charge < -0.3 is 14.8 Å². The zero-order valence-electron chi connectivity index (χ0n) is 11.5. The molecule has 2 heterocycles. The molecule has 21 heavy (non-hydrogen) atoms. The van der Waals surface area contributed by atoms with Gasteiger partial charge in [-0.3, -0.25) is 10.1 Å². The predicted octanol–water partition coefficient (Wildman–Crippen LogP) is 1.06. The van der Waals surface area contributed by atoms with Gasteiger partial charge in [-0.15, -0.1) is 0 Å². The maximum atomic E-state index is 11.1. The molecular formula is C13H15N4O4+. The molecule has 0 saturated carbocycles. The van der Waals surface area contributed by atoms with Crippen LogP contribution in [0.15, 0.2) is 30.9 Å². The Morgan fingerprint density at radius 1 is 1.43 bits per heavy atom. The van der Waals surface area contributed by atoms with Crippen molar-refractivity contribution in [3.8, 4) is 11.5 Å². The molecule has 0 bridgehead atoms. The summed E-state index contributed by atoms with van der Waals surface area (Å²) in [6, 6.07) is 3.00. The lowest BCUT2D eigenvalue weighted by Crippen LogP contribution is -2.24. The lowest BCUT2D eigenvalue weighted by molar-refractivity contribution is -0.671. The van der Waals surface area contributed by atoms with Gasteiger partial charge in [-0.1, -0.05) is 0 Å². The number of anilines is 1. The number of nitrogens with one attached hydrogen (secondary N) is 1. The van der Waals surface area contributed by atoms with E-state index in [0.29, 0.717) is 30.3 Å². The van der Waals surface area contributed by atoms with E-state index >= 15 is 0 Å². The van der Waals surface area contributed by atoms with Gasteiger partial charge in [-0.2, -0.15) is 0 Å². The number of fused-ring (bicyclic) bond motifs is 1. The zero-order valence-corrected chi connectivity index (χ0v) is 11.5. The number of aryl methyl sites for hydroxylation is 1. The van der Waals surface area contributed by atoms with Gasteiger partial charge >= 0.3 is 0 Å². The van der Waals surface area contributed by atoms with Crippen LogP contribution in [0.4, 0.5) is 11.4 Å². The molecule has 0 amide bonds. The molecule has 1 aromatic carbocycles. The molecule has 8 heteroatoms. The Balaban J connectivity index is 1.73. The van der Waals surface area contributed by atoms with Crippen LogP contribution >= 0.6 is 0 Å². The van der Waals surface area contributed by atoms with E-state index in [1.54, 1.807) is 6.07 Å². The van der Waals surface area contributed by atoms with Crippen molar-refractivity contribution in [2.24, 2.45) is 7.05 Å². The highest BCUT2D eigenvalue weighted by molar-refractivity contribution is 5.68. The molecule has 1 aliphatic rings. The minimum Gasteiger partial charge on any atom is -0.454 e. The molecule has 110 valence electrons. The lowest BCUT2D eigenvalue weighted by Gasteiger charge is -2.07. The molecular weight excluding hydrogens is 276 g/mol. The van der Waals surface area contributed by atoms with E-state index in [-0.39, 0.29) is 12.5 Å². The summed E-state index contributed by atoms with van der Waals surface area (Å²) < 4.78 is 14.3. The van der Waals surface area contributed by atoms with Gasteiger partial charge in [0.25, 0.3) is 5.69 Å². The SMILES string of the molecule is C[n+]1ccn(CCNc2cc3c(cc2[N+](=O)[O-])OCO3)c1. The lowest BCUT2D eigenvalue weighted by atomic mass is 10.2. The van der Waals surface area contributed by atoms with Crippen LogP contribution in [0, 0.1) is 10.1 Å². The highest BCUT2D eigenvalue weighted by atomic mass is 16.7.